The van der Waals surface area contributed by atoms with Gasteiger partial charge >= 0.3 is 0 Å². The lowest BCUT2D eigenvalue weighted by Crippen LogP contribution is -1.97. The van der Waals surface area contributed by atoms with Crippen molar-refractivity contribution >= 4 is 52.0 Å². The van der Waals surface area contributed by atoms with Crippen molar-refractivity contribution in [3.63, 3.8) is 0 Å². The maximum atomic E-state index is 14.7. The molecule has 1 heterocycles. The van der Waals surface area contributed by atoms with Crippen molar-refractivity contribution in [2.24, 2.45) is 0 Å². The maximum absolute atomic E-state index is 14.7. The highest BCUT2D eigenvalue weighted by Crippen LogP contribution is 2.57. The fourth-order valence-electron chi connectivity index (χ4n) is 1.85. The zero-order valence-electron chi connectivity index (χ0n) is 11.6. The van der Waals surface area contributed by atoms with Crippen LogP contribution in [0.1, 0.15) is 35.0 Å². The lowest BCUT2D eigenvalue weighted by atomic mass is 10.2. The van der Waals surface area contributed by atoms with Crippen LogP contribution in [-0.2, 0) is 9.05 Å². The Labute approximate surface area is 136 Å². The Kier molecular flexibility index (Phi) is 6.26. The van der Waals surface area contributed by atoms with Crippen molar-refractivity contribution in [2.75, 3.05) is 13.2 Å². The minimum atomic E-state index is -1.62. The molecular weight excluding hydrogens is 378 g/mol. The summed E-state index contributed by atoms with van der Waals surface area (Å²) in [5.74, 6) is -1.31. The van der Waals surface area contributed by atoms with E-state index in [1.54, 1.807) is 12.1 Å². The van der Waals surface area contributed by atoms with Gasteiger partial charge in [-0.2, -0.15) is 0 Å². The van der Waals surface area contributed by atoms with Crippen LogP contribution in [0.5, 0.6) is 0 Å². The SMILES string of the molecule is CCOP(OCC)C(F)c1sc2ccc(C=O)cc2c1Br. The largest absolute Gasteiger partial charge is 0.332 e. The van der Waals surface area contributed by atoms with Gasteiger partial charge in [0.2, 0.25) is 14.3 Å². The van der Waals surface area contributed by atoms with E-state index in [1.807, 2.05) is 19.9 Å². The second kappa shape index (κ2) is 7.75. The van der Waals surface area contributed by atoms with Gasteiger partial charge in [0, 0.05) is 20.1 Å². The Morgan fingerprint density at radius 1 is 1.38 bits per heavy atom. The first-order valence-electron chi connectivity index (χ1n) is 6.48. The van der Waals surface area contributed by atoms with Crippen LogP contribution in [0.4, 0.5) is 4.39 Å². The molecule has 0 bridgehead atoms. The van der Waals surface area contributed by atoms with E-state index in [2.05, 4.69) is 15.9 Å². The zero-order valence-corrected chi connectivity index (χ0v) is 14.9. The molecule has 1 unspecified atom stereocenters. The molecule has 2 rings (SSSR count). The topological polar surface area (TPSA) is 35.5 Å². The maximum Gasteiger partial charge on any atom is 0.213 e. The number of fused-ring (bicyclic) bond motifs is 1. The van der Waals surface area contributed by atoms with E-state index >= 15 is 0 Å². The van der Waals surface area contributed by atoms with Crippen LogP contribution in [0.15, 0.2) is 22.7 Å². The molecular formula is C14H15BrFO3PS. The first-order valence-corrected chi connectivity index (χ1v) is 9.34. The predicted octanol–water partition coefficient (Wildman–Crippen LogP) is 5.83. The van der Waals surface area contributed by atoms with E-state index in [0.717, 1.165) is 16.4 Å². The third-order valence-corrected chi connectivity index (χ3v) is 6.88. The third-order valence-electron chi connectivity index (χ3n) is 2.73. The summed E-state index contributed by atoms with van der Waals surface area (Å²) in [6.45, 7) is 4.45. The molecule has 0 aliphatic rings. The van der Waals surface area contributed by atoms with Crippen LogP contribution in [0.2, 0.25) is 0 Å². The summed E-state index contributed by atoms with van der Waals surface area (Å²) in [4.78, 5) is 11.4. The van der Waals surface area contributed by atoms with Gasteiger partial charge in [0.15, 0.2) is 0 Å². The van der Waals surface area contributed by atoms with Crippen LogP contribution in [0.25, 0.3) is 10.1 Å². The molecule has 21 heavy (non-hydrogen) atoms. The molecule has 0 spiro atoms. The first kappa shape index (κ1) is 17.0. The number of rotatable bonds is 7. The zero-order chi connectivity index (χ0) is 15.4. The molecule has 0 radical (unpaired) electrons. The van der Waals surface area contributed by atoms with Crippen LogP contribution >= 0.6 is 35.6 Å². The summed E-state index contributed by atoms with van der Waals surface area (Å²) < 4.78 is 27.1. The van der Waals surface area contributed by atoms with Crippen molar-refractivity contribution in [1.82, 2.24) is 0 Å². The minimum Gasteiger partial charge on any atom is -0.332 e. The number of alkyl halides is 1. The molecule has 0 amide bonds. The molecule has 114 valence electrons. The van der Waals surface area contributed by atoms with E-state index in [1.165, 1.54) is 11.3 Å². The number of hydrogen-bond acceptors (Lipinski definition) is 4. The number of benzene rings is 1. The first-order chi connectivity index (χ1) is 10.1. The highest BCUT2D eigenvalue weighted by atomic mass is 79.9. The summed E-state index contributed by atoms with van der Waals surface area (Å²) in [5.41, 5.74) is 0.569. The Balaban J connectivity index is 2.40. The van der Waals surface area contributed by atoms with Gasteiger partial charge in [0.25, 0.3) is 0 Å². The molecule has 1 aromatic carbocycles. The summed E-state index contributed by atoms with van der Waals surface area (Å²) in [7, 11) is -1.62. The van der Waals surface area contributed by atoms with Crippen molar-refractivity contribution in [3.05, 3.63) is 33.1 Å². The molecule has 1 aromatic heterocycles. The predicted molar refractivity (Wildman–Crippen MR) is 88.9 cm³/mol. The van der Waals surface area contributed by atoms with Crippen LogP contribution < -0.4 is 0 Å². The van der Waals surface area contributed by atoms with Crippen molar-refractivity contribution in [3.8, 4) is 0 Å². The molecule has 0 aliphatic heterocycles. The Morgan fingerprint density at radius 3 is 2.62 bits per heavy atom. The minimum absolute atomic E-state index is 0.407. The number of carbonyl (C=O) groups is 1. The average Bonchev–Trinajstić information content (AvgIpc) is 2.83. The fraction of sp³-hybridized carbons (Fsp3) is 0.357. The monoisotopic (exact) mass is 392 g/mol. The third kappa shape index (κ3) is 3.69. The van der Waals surface area contributed by atoms with Gasteiger partial charge in [-0.05, 0) is 41.9 Å². The van der Waals surface area contributed by atoms with Gasteiger partial charge < -0.3 is 9.05 Å². The van der Waals surface area contributed by atoms with Gasteiger partial charge in [-0.1, -0.05) is 6.07 Å². The molecule has 0 aliphatic carbocycles. The number of thiophene rings is 1. The molecule has 2 aromatic rings. The second-order valence-corrected chi connectivity index (χ2v) is 7.53. The van der Waals surface area contributed by atoms with Gasteiger partial charge in [0.05, 0.1) is 18.1 Å². The van der Waals surface area contributed by atoms with E-state index in [4.69, 9.17) is 9.05 Å². The smallest absolute Gasteiger partial charge is 0.213 e. The Morgan fingerprint density at radius 2 is 2.05 bits per heavy atom. The van der Waals surface area contributed by atoms with Gasteiger partial charge in [0.1, 0.15) is 6.29 Å². The number of carbonyl (C=O) groups excluding carboxylic acids is 1. The highest BCUT2D eigenvalue weighted by Gasteiger charge is 2.29. The fourth-order valence-corrected chi connectivity index (χ4v) is 5.45. The van der Waals surface area contributed by atoms with Gasteiger partial charge in [-0.3, -0.25) is 4.79 Å². The second-order valence-electron chi connectivity index (χ2n) is 4.11. The Bertz CT molecular complexity index is 628. The molecule has 0 saturated carbocycles. The molecule has 7 heteroatoms. The molecule has 0 saturated heterocycles. The van der Waals surface area contributed by atoms with Crippen LogP contribution in [-0.4, -0.2) is 19.5 Å². The summed E-state index contributed by atoms with van der Waals surface area (Å²) >= 11 is 4.79. The van der Waals surface area contributed by atoms with Crippen LogP contribution in [0, 0.1) is 0 Å². The number of halogens is 2. The van der Waals surface area contributed by atoms with E-state index < -0.39 is 14.3 Å². The molecule has 3 nitrogen and oxygen atoms in total. The standard InChI is InChI=1S/C14H15BrFO3PS/c1-3-18-20(19-4-2)14(16)13-12(15)10-7-9(8-17)5-6-11(10)21-13/h5-8,14H,3-4H2,1-2H3. The van der Waals surface area contributed by atoms with Gasteiger partial charge in [-0.25, -0.2) is 4.39 Å². The Hall–Kier alpha value is -0.390. The molecule has 1 atom stereocenters. The van der Waals surface area contributed by atoms with Gasteiger partial charge in [-0.15, -0.1) is 11.3 Å². The number of hydrogen-bond donors (Lipinski definition) is 0. The average molecular weight is 393 g/mol. The summed E-state index contributed by atoms with van der Waals surface area (Å²) in [6.07, 6.45) is 0.781. The van der Waals surface area contributed by atoms with E-state index in [9.17, 15) is 9.18 Å². The molecule has 0 N–H and O–H groups in total. The van der Waals surface area contributed by atoms with Crippen molar-refractivity contribution in [2.45, 2.75) is 19.8 Å². The summed E-state index contributed by atoms with van der Waals surface area (Å²) in [6, 6.07) is 5.31. The van der Waals surface area contributed by atoms with E-state index in [0.29, 0.717) is 28.1 Å². The van der Waals surface area contributed by atoms with Crippen molar-refractivity contribution in [1.29, 1.82) is 0 Å². The van der Waals surface area contributed by atoms with Crippen molar-refractivity contribution < 1.29 is 18.2 Å². The lowest BCUT2D eigenvalue weighted by molar-refractivity contribution is 0.112. The van der Waals surface area contributed by atoms with Crippen LogP contribution in [0.3, 0.4) is 0 Å². The van der Waals surface area contributed by atoms with E-state index in [-0.39, 0.29) is 0 Å². The quantitative estimate of drug-likeness (QED) is 0.439. The number of aldehydes is 1. The molecule has 0 fully saturated rings. The highest BCUT2D eigenvalue weighted by molar-refractivity contribution is 9.10. The normalized spacial score (nSPS) is 13.0. The summed E-state index contributed by atoms with van der Waals surface area (Å²) in [5, 5.41) is 0.838. The lowest BCUT2D eigenvalue weighted by Gasteiger charge is -2.18.